The zero-order chi connectivity index (χ0) is 16.7. The first-order valence-corrected chi connectivity index (χ1v) is 8.00. The van der Waals surface area contributed by atoms with Crippen LogP contribution in [0.4, 0.5) is 0 Å². The van der Waals surface area contributed by atoms with Crippen LogP contribution in [-0.2, 0) is 9.59 Å². The van der Waals surface area contributed by atoms with Crippen molar-refractivity contribution in [3.8, 4) is 0 Å². The Balaban J connectivity index is 1.82. The van der Waals surface area contributed by atoms with Crippen molar-refractivity contribution in [2.75, 3.05) is 32.7 Å². The lowest BCUT2D eigenvalue weighted by Crippen LogP contribution is -2.42. The van der Waals surface area contributed by atoms with Crippen LogP contribution in [0.15, 0.2) is 30.3 Å². The molecule has 0 aromatic heterocycles. The fourth-order valence-corrected chi connectivity index (χ4v) is 2.60. The Kier molecular flexibility index (Phi) is 6.14. The van der Waals surface area contributed by atoms with Gasteiger partial charge in [0.05, 0.1) is 6.54 Å². The van der Waals surface area contributed by atoms with Crippen LogP contribution in [0.5, 0.6) is 0 Å². The van der Waals surface area contributed by atoms with Crippen LogP contribution in [0.3, 0.4) is 0 Å². The van der Waals surface area contributed by atoms with E-state index in [1.807, 2.05) is 13.0 Å². The summed E-state index contributed by atoms with van der Waals surface area (Å²) in [6, 6.07) is 8.82. The Morgan fingerprint density at radius 3 is 2.17 bits per heavy atom. The van der Waals surface area contributed by atoms with Gasteiger partial charge in [-0.2, -0.15) is 0 Å². The molecule has 6 heteroatoms. The van der Waals surface area contributed by atoms with E-state index in [1.165, 1.54) is 0 Å². The van der Waals surface area contributed by atoms with E-state index in [0.717, 1.165) is 6.42 Å². The molecule has 1 fully saturated rings. The second kappa shape index (κ2) is 8.31. The topological polar surface area (TPSA) is 69.7 Å². The second-order valence-electron chi connectivity index (χ2n) is 5.52. The number of nitrogens with zero attached hydrogens (tertiary/aromatic N) is 2. The molecule has 1 aromatic carbocycles. The summed E-state index contributed by atoms with van der Waals surface area (Å²) in [5.74, 6) is -0.242. The Hall–Kier alpha value is -2.37. The van der Waals surface area contributed by atoms with E-state index in [2.05, 4.69) is 5.32 Å². The van der Waals surface area contributed by atoms with Gasteiger partial charge in [-0.3, -0.25) is 14.4 Å². The van der Waals surface area contributed by atoms with Gasteiger partial charge >= 0.3 is 0 Å². The number of hydrogen-bond donors (Lipinski definition) is 1. The van der Waals surface area contributed by atoms with Crippen LogP contribution >= 0.6 is 0 Å². The van der Waals surface area contributed by atoms with Gasteiger partial charge in [0, 0.05) is 38.2 Å². The van der Waals surface area contributed by atoms with E-state index in [0.29, 0.717) is 38.2 Å². The fraction of sp³-hybridized carbons (Fsp3) is 0.471. The van der Waals surface area contributed by atoms with Gasteiger partial charge in [-0.1, -0.05) is 25.1 Å². The third kappa shape index (κ3) is 4.81. The highest BCUT2D eigenvalue weighted by molar-refractivity contribution is 5.96. The Morgan fingerprint density at radius 1 is 0.957 bits per heavy atom. The maximum atomic E-state index is 12.2. The number of rotatable bonds is 4. The van der Waals surface area contributed by atoms with Crippen molar-refractivity contribution in [2.24, 2.45) is 0 Å². The molecule has 1 aliphatic heterocycles. The number of hydrogen-bond acceptors (Lipinski definition) is 3. The van der Waals surface area contributed by atoms with Gasteiger partial charge < -0.3 is 15.1 Å². The average Bonchev–Trinajstić information content (AvgIpc) is 2.85. The molecule has 124 valence electrons. The molecular weight excluding hydrogens is 294 g/mol. The van der Waals surface area contributed by atoms with Gasteiger partial charge in [0.15, 0.2) is 0 Å². The molecule has 0 atom stereocenters. The van der Waals surface area contributed by atoms with Gasteiger partial charge in [0.1, 0.15) is 0 Å². The van der Waals surface area contributed by atoms with Crippen LogP contribution in [0.1, 0.15) is 30.1 Å². The monoisotopic (exact) mass is 317 g/mol. The van der Waals surface area contributed by atoms with Crippen molar-refractivity contribution in [1.82, 2.24) is 15.1 Å². The van der Waals surface area contributed by atoms with Crippen molar-refractivity contribution in [2.45, 2.75) is 19.8 Å². The molecule has 3 amide bonds. The van der Waals surface area contributed by atoms with Crippen molar-refractivity contribution < 1.29 is 14.4 Å². The molecule has 2 rings (SSSR count). The molecule has 0 radical (unpaired) electrons. The molecule has 1 heterocycles. The maximum Gasteiger partial charge on any atom is 0.251 e. The van der Waals surface area contributed by atoms with E-state index < -0.39 is 0 Å². The number of amides is 3. The molecular formula is C17H23N3O3. The van der Waals surface area contributed by atoms with E-state index in [1.54, 1.807) is 34.1 Å². The van der Waals surface area contributed by atoms with E-state index in [4.69, 9.17) is 0 Å². The summed E-state index contributed by atoms with van der Waals surface area (Å²) in [6.07, 6.45) is 1.26. The lowest BCUT2D eigenvalue weighted by atomic mass is 10.2. The van der Waals surface area contributed by atoms with Gasteiger partial charge in [0.25, 0.3) is 5.91 Å². The minimum atomic E-state index is -0.253. The van der Waals surface area contributed by atoms with Gasteiger partial charge in [-0.15, -0.1) is 0 Å². The smallest absolute Gasteiger partial charge is 0.251 e. The van der Waals surface area contributed by atoms with Crippen LogP contribution in [-0.4, -0.2) is 60.2 Å². The zero-order valence-electron chi connectivity index (χ0n) is 13.5. The molecule has 1 aromatic rings. The van der Waals surface area contributed by atoms with E-state index in [9.17, 15) is 14.4 Å². The quantitative estimate of drug-likeness (QED) is 0.896. The molecule has 1 aliphatic rings. The third-order valence-corrected chi connectivity index (χ3v) is 3.94. The summed E-state index contributed by atoms with van der Waals surface area (Å²) in [5.41, 5.74) is 0.538. The zero-order valence-corrected chi connectivity index (χ0v) is 13.5. The van der Waals surface area contributed by atoms with Crippen molar-refractivity contribution in [1.29, 1.82) is 0 Å². The molecule has 0 saturated carbocycles. The van der Waals surface area contributed by atoms with Gasteiger partial charge in [-0.05, 0) is 18.6 Å². The first kappa shape index (κ1) is 17.0. The van der Waals surface area contributed by atoms with Crippen LogP contribution in [0, 0.1) is 0 Å². The molecule has 0 bridgehead atoms. The highest BCUT2D eigenvalue weighted by Gasteiger charge is 2.21. The predicted octanol–water partition coefficient (Wildman–Crippen LogP) is 0.887. The number of carbonyl (C=O) groups excluding carboxylic acids is 3. The molecule has 0 aliphatic carbocycles. The summed E-state index contributed by atoms with van der Waals surface area (Å²) in [5, 5.41) is 2.65. The summed E-state index contributed by atoms with van der Waals surface area (Å²) < 4.78 is 0. The van der Waals surface area contributed by atoms with Crippen LogP contribution in [0.2, 0.25) is 0 Å². The standard InChI is InChI=1S/C17H23N3O3/c1-2-15(21)19-9-6-10-20(12-11-19)16(22)13-18-17(23)14-7-4-3-5-8-14/h3-5,7-8H,2,6,9-13H2,1H3,(H,18,23). The highest BCUT2D eigenvalue weighted by atomic mass is 16.2. The maximum absolute atomic E-state index is 12.2. The summed E-state index contributed by atoms with van der Waals surface area (Å²) in [6.45, 7) is 4.21. The van der Waals surface area contributed by atoms with Crippen LogP contribution in [0.25, 0.3) is 0 Å². The highest BCUT2D eigenvalue weighted by Crippen LogP contribution is 2.05. The van der Waals surface area contributed by atoms with Crippen molar-refractivity contribution in [3.63, 3.8) is 0 Å². The number of carbonyl (C=O) groups is 3. The van der Waals surface area contributed by atoms with E-state index >= 15 is 0 Å². The molecule has 0 unspecified atom stereocenters. The summed E-state index contributed by atoms with van der Waals surface area (Å²) >= 11 is 0. The van der Waals surface area contributed by atoms with E-state index in [-0.39, 0.29) is 24.3 Å². The van der Waals surface area contributed by atoms with Crippen LogP contribution < -0.4 is 5.32 Å². The Labute approximate surface area is 136 Å². The largest absolute Gasteiger partial charge is 0.343 e. The third-order valence-electron chi connectivity index (χ3n) is 3.94. The lowest BCUT2D eigenvalue weighted by Gasteiger charge is -2.22. The Morgan fingerprint density at radius 2 is 1.57 bits per heavy atom. The fourth-order valence-electron chi connectivity index (χ4n) is 2.60. The second-order valence-corrected chi connectivity index (χ2v) is 5.52. The molecule has 1 N–H and O–H groups in total. The molecule has 23 heavy (non-hydrogen) atoms. The number of benzene rings is 1. The minimum Gasteiger partial charge on any atom is -0.343 e. The molecule has 0 spiro atoms. The first-order valence-electron chi connectivity index (χ1n) is 8.00. The summed E-state index contributed by atoms with van der Waals surface area (Å²) in [7, 11) is 0. The molecule has 1 saturated heterocycles. The SMILES string of the molecule is CCC(=O)N1CCCN(C(=O)CNC(=O)c2ccccc2)CC1. The van der Waals surface area contributed by atoms with Crippen molar-refractivity contribution in [3.05, 3.63) is 35.9 Å². The average molecular weight is 317 g/mol. The molecule has 6 nitrogen and oxygen atoms in total. The first-order chi connectivity index (χ1) is 11.1. The summed E-state index contributed by atoms with van der Waals surface area (Å²) in [4.78, 5) is 39.4. The van der Waals surface area contributed by atoms with Gasteiger partial charge in [-0.25, -0.2) is 0 Å². The minimum absolute atomic E-state index is 0.0184. The predicted molar refractivity (Wildman–Crippen MR) is 86.8 cm³/mol. The van der Waals surface area contributed by atoms with Gasteiger partial charge in [0.2, 0.25) is 11.8 Å². The Bertz CT molecular complexity index is 559. The van der Waals surface area contributed by atoms with Crippen molar-refractivity contribution >= 4 is 17.7 Å². The number of nitrogens with one attached hydrogen (secondary N) is 1. The lowest BCUT2D eigenvalue weighted by molar-refractivity contribution is -0.132. The normalized spacial score (nSPS) is 15.0.